The van der Waals surface area contributed by atoms with E-state index in [1.165, 1.54) is 0 Å². The molecular weight excluding hydrogens is 296 g/mol. The highest BCUT2D eigenvalue weighted by Gasteiger charge is 2.11. The molecule has 106 valence electrons. The molecule has 0 atom stereocenters. The van der Waals surface area contributed by atoms with E-state index in [0.29, 0.717) is 22.9 Å². The first-order valence-electron chi connectivity index (χ1n) is 6.26. The van der Waals surface area contributed by atoms with E-state index in [-0.39, 0.29) is 0 Å². The first-order valence-corrected chi connectivity index (χ1v) is 8.85. The molecule has 0 aromatic carbocycles. The molecule has 3 aromatic rings. The summed E-state index contributed by atoms with van der Waals surface area (Å²) in [7, 11) is 0.408. The van der Waals surface area contributed by atoms with Crippen molar-refractivity contribution in [2.24, 2.45) is 0 Å². The molecule has 0 fully saturated rings. The van der Waals surface area contributed by atoms with Gasteiger partial charge in [-0.1, -0.05) is 0 Å². The largest absolute Gasteiger partial charge is 0.356 e. The molecule has 0 aliphatic rings. The van der Waals surface area contributed by atoms with Crippen molar-refractivity contribution in [1.82, 2.24) is 18.9 Å². The van der Waals surface area contributed by atoms with Crippen molar-refractivity contribution in [3.8, 4) is 0 Å². The summed E-state index contributed by atoms with van der Waals surface area (Å²) < 4.78 is 9.42. The number of fused-ring (bicyclic) bond motifs is 3. The smallest absolute Gasteiger partial charge is 0.210 e. The van der Waals surface area contributed by atoms with Crippen LogP contribution in [0.4, 0.5) is 0 Å². The van der Waals surface area contributed by atoms with E-state index < -0.39 is 0 Å². The molecule has 0 saturated heterocycles. The fourth-order valence-electron chi connectivity index (χ4n) is 2.05. The normalized spacial score (nSPS) is 12.0. The topological polar surface area (TPSA) is 44.4 Å². The SMILES string of the molecule is C[S+](C)CCOCn1ccc2c1nc(Cl)n1ccnc21. The van der Waals surface area contributed by atoms with Gasteiger partial charge in [0.1, 0.15) is 23.8 Å². The zero-order chi connectivity index (χ0) is 14.1. The number of imidazole rings is 1. The Morgan fingerprint density at radius 1 is 1.30 bits per heavy atom. The van der Waals surface area contributed by atoms with Crippen LogP contribution < -0.4 is 0 Å². The molecule has 0 N–H and O–H groups in total. The maximum Gasteiger partial charge on any atom is 0.210 e. The second kappa shape index (κ2) is 5.63. The lowest BCUT2D eigenvalue weighted by Gasteiger charge is -2.06. The number of ether oxygens (including phenoxy) is 1. The van der Waals surface area contributed by atoms with Crippen LogP contribution in [0.15, 0.2) is 24.7 Å². The van der Waals surface area contributed by atoms with Gasteiger partial charge < -0.3 is 9.30 Å². The number of halogens is 1. The Morgan fingerprint density at radius 3 is 2.95 bits per heavy atom. The standard InChI is InChI=1S/C13H16ClN4OS/c1-20(2)8-7-19-9-17-5-3-10-11-15-4-6-18(11)13(14)16-12(10)17/h3-6H,7-9H2,1-2H3/q+1. The molecule has 5 nitrogen and oxygen atoms in total. The van der Waals surface area contributed by atoms with Crippen LogP contribution in [0.5, 0.6) is 0 Å². The highest BCUT2D eigenvalue weighted by Crippen LogP contribution is 2.21. The summed E-state index contributed by atoms with van der Waals surface area (Å²) in [6.45, 7) is 1.25. The Morgan fingerprint density at radius 2 is 2.15 bits per heavy atom. The van der Waals surface area contributed by atoms with Gasteiger partial charge in [-0.15, -0.1) is 0 Å². The molecule has 0 radical (unpaired) electrons. The summed E-state index contributed by atoms with van der Waals surface area (Å²) in [5.41, 5.74) is 1.63. The third-order valence-electron chi connectivity index (χ3n) is 3.08. The van der Waals surface area contributed by atoms with Gasteiger partial charge in [-0.25, -0.2) is 9.97 Å². The maximum atomic E-state index is 6.17. The molecule has 0 saturated carbocycles. The molecular formula is C13H16ClN4OS+. The van der Waals surface area contributed by atoms with Crippen LogP contribution >= 0.6 is 11.6 Å². The van der Waals surface area contributed by atoms with Crippen LogP contribution in [-0.2, 0) is 22.4 Å². The average molecular weight is 312 g/mol. The second-order valence-corrected chi connectivity index (χ2v) is 7.47. The van der Waals surface area contributed by atoms with Crippen molar-refractivity contribution in [1.29, 1.82) is 0 Å². The van der Waals surface area contributed by atoms with Gasteiger partial charge in [0, 0.05) is 18.6 Å². The lowest BCUT2D eigenvalue weighted by atomic mass is 10.4. The van der Waals surface area contributed by atoms with Gasteiger partial charge in [0.05, 0.1) is 24.5 Å². The van der Waals surface area contributed by atoms with E-state index in [4.69, 9.17) is 16.3 Å². The summed E-state index contributed by atoms with van der Waals surface area (Å²) in [5, 5.41) is 1.39. The fraction of sp³-hybridized carbons (Fsp3) is 0.385. The van der Waals surface area contributed by atoms with Crippen molar-refractivity contribution < 1.29 is 4.74 Å². The first kappa shape index (κ1) is 13.7. The third kappa shape index (κ3) is 2.51. The second-order valence-electron chi connectivity index (χ2n) is 4.75. The van der Waals surface area contributed by atoms with Crippen LogP contribution in [0.25, 0.3) is 16.7 Å². The number of aromatic nitrogens is 4. The highest BCUT2D eigenvalue weighted by molar-refractivity contribution is 7.95. The quantitative estimate of drug-likeness (QED) is 0.412. The summed E-state index contributed by atoms with van der Waals surface area (Å²) in [6, 6.07) is 1.99. The van der Waals surface area contributed by atoms with E-state index in [9.17, 15) is 0 Å². The molecule has 20 heavy (non-hydrogen) atoms. The van der Waals surface area contributed by atoms with Crippen molar-refractivity contribution in [2.45, 2.75) is 6.73 Å². The summed E-state index contributed by atoms with van der Waals surface area (Å²) in [5.74, 6) is 1.08. The zero-order valence-corrected chi connectivity index (χ0v) is 13.0. The van der Waals surface area contributed by atoms with Crippen LogP contribution in [0.2, 0.25) is 5.28 Å². The van der Waals surface area contributed by atoms with Crippen LogP contribution in [0, 0.1) is 0 Å². The van der Waals surface area contributed by atoms with Crippen LogP contribution in [0.1, 0.15) is 0 Å². The summed E-state index contributed by atoms with van der Waals surface area (Å²) in [4.78, 5) is 8.75. The predicted octanol–water partition coefficient (Wildman–Crippen LogP) is 2.19. The van der Waals surface area contributed by atoms with Crippen molar-refractivity contribution >= 4 is 39.2 Å². The van der Waals surface area contributed by atoms with Gasteiger partial charge in [0.25, 0.3) is 0 Å². The van der Waals surface area contributed by atoms with Gasteiger partial charge in [0.2, 0.25) is 5.28 Å². The molecule has 3 heterocycles. The van der Waals surface area contributed by atoms with Crippen molar-refractivity contribution in [3.63, 3.8) is 0 Å². The molecule has 3 aromatic heterocycles. The molecule has 0 aliphatic carbocycles. The Bertz CT molecular complexity index is 736. The minimum atomic E-state index is 0.408. The number of nitrogens with zero attached hydrogens (tertiary/aromatic N) is 4. The fourth-order valence-corrected chi connectivity index (χ4v) is 2.72. The zero-order valence-electron chi connectivity index (χ0n) is 11.4. The van der Waals surface area contributed by atoms with Crippen LogP contribution in [0.3, 0.4) is 0 Å². The van der Waals surface area contributed by atoms with Gasteiger partial charge in [-0.2, -0.15) is 0 Å². The van der Waals surface area contributed by atoms with Gasteiger partial charge in [0.15, 0.2) is 0 Å². The van der Waals surface area contributed by atoms with Crippen molar-refractivity contribution in [3.05, 3.63) is 29.9 Å². The number of rotatable bonds is 5. The maximum absolute atomic E-state index is 6.17. The minimum absolute atomic E-state index is 0.408. The summed E-state index contributed by atoms with van der Waals surface area (Å²) in [6.07, 6.45) is 9.91. The lowest BCUT2D eigenvalue weighted by Crippen LogP contribution is -2.11. The molecule has 0 bridgehead atoms. The van der Waals surface area contributed by atoms with E-state index in [2.05, 4.69) is 22.5 Å². The Kier molecular flexibility index (Phi) is 3.87. The van der Waals surface area contributed by atoms with Gasteiger partial charge in [-0.3, -0.25) is 4.40 Å². The molecule has 0 aliphatic heterocycles. The first-order chi connectivity index (χ1) is 9.66. The highest BCUT2D eigenvalue weighted by atomic mass is 35.5. The Hall–Kier alpha value is -1.24. The van der Waals surface area contributed by atoms with E-state index in [1.54, 1.807) is 10.6 Å². The van der Waals surface area contributed by atoms with Crippen molar-refractivity contribution in [2.75, 3.05) is 24.9 Å². The molecule has 0 unspecified atom stereocenters. The molecule has 7 heteroatoms. The Labute approximate surface area is 124 Å². The predicted molar refractivity (Wildman–Crippen MR) is 83.5 cm³/mol. The molecule has 3 rings (SSSR count). The minimum Gasteiger partial charge on any atom is -0.356 e. The average Bonchev–Trinajstić information content (AvgIpc) is 3.01. The number of hydrogen-bond acceptors (Lipinski definition) is 3. The molecule has 0 spiro atoms. The van der Waals surface area contributed by atoms with Gasteiger partial charge >= 0.3 is 0 Å². The third-order valence-corrected chi connectivity index (χ3v) is 4.33. The van der Waals surface area contributed by atoms with E-state index in [1.807, 2.05) is 23.0 Å². The van der Waals surface area contributed by atoms with E-state index in [0.717, 1.165) is 29.0 Å². The molecule has 0 amide bonds. The monoisotopic (exact) mass is 311 g/mol. The van der Waals surface area contributed by atoms with Gasteiger partial charge in [-0.05, 0) is 28.6 Å². The van der Waals surface area contributed by atoms with Crippen LogP contribution in [-0.4, -0.2) is 43.8 Å². The number of hydrogen-bond donors (Lipinski definition) is 0. The Balaban J connectivity index is 1.87. The lowest BCUT2D eigenvalue weighted by molar-refractivity contribution is 0.0924. The van der Waals surface area contributed by atoms with E-state index >= 15 is 0 Å². The summed E-state index contributed by atoms with van der Waals surface area (Å²) >= 11 is 6.17.